The van der Waals surface area contributed by atoms with Gasteiger partial charge in [-0.05, 0) is 88.3 Å². The molecule has 3 rings (SSSR count). The van der Waals surface area contributed by atoms with Crippen LogP contribution in [0.1, 0.15) is 43.5 Å². The number of nitrogens with zero attached hydrogens (tertiary/aromatic N) is 1. The van der Waals surface area contributed by atoms with E-state index in [0.717, 1.165) is 17.5 Å². The highest BCUT2D eigenvalue weighted by atomic mass is 35.5. The zero-order valence-corrected chi connectivity index (χ0v) is 24.0. The molecular weight excluding hydrogens is 529 g/mol. The smallest absolute Gasteiger partial charge is 0.319 e. The van der Waals surface area contributed by atoms with Crippen molar-refractivity contribution in [2.45, 2.75) is 49.4 Å². The van der Waals surface area contributed by atoms with Crippen molar-refractivity contribution in [1.29, 1.82) is 0 Å². The first-order valence-corrected chi connectivity index (χ1v) is 14.3. The van der Waals surface area contributed by atoms with Crippen LogP contribution < -0.4 is 10.6 Å². The monoisotopic (exact) mass is 561 g/mol. The van der Waals surface area contributed by atoms with E-state index in [1.165, 1.54) is 12.1 Å². The molecule has 0 aliphatic carbocycles. The number of likely N-dealkylation sites (N-methyl/N-ethyl adjacent to an activating group) is 1. The fourth-order valence-electron chi connectivity index (χ4n) is 3.76. The molecule has 6 nitrogen and oxygen atoms in total. The van der Waals surface area contributed by atoms with Crippen molar-refractivity contribution in [3.63, 3.8) is 0 Å². The number of carbonyl (C=O) groups is 1. The maximum absolute atomic E-state index is 13.0. The second-order valence-corrected chi connectivity index (χ2v) is 12.7. The van der Waals surface area contributed by atoms with Gasteiger partial charge in [0.15, 0.2) is 9.84 Å². The average Bonchev–Trinajstić information content (AvgIpc) is 2.82. The first-order valence-electron chi connectivity index (χ1n) is 11.9. The number of sulfone groups is 1. The van der Waals surface area contributed by atoms with Crippen LogP contribution in [0.4, 0.5) is 10.5 Å². The molecule has 3 aromatic carbocycles. The summed E-state index contributed by atoms with van der Waals surface area (Å²) < 4.78 is 25.9. The Bertz CT molecular complexity index is 1340. The molecule has 9 heteroatoms. The molecule has 3 aromatic rings. The van der Waals surface area contributed by atoms with Crippen molar-refractivity contribution in [1.82, 2.24) is 10.2 Å². The number of anilines is 1. The van der Waals surface area contributed by atoms with Crippen molar-refractivity contribution in [3.8, 4) is 0 Å². The molecular formula is C28H33Cl2N3O3S. The second kappa shape index (κ2) is 11.9. The topological polar surface area (TPSA) is 78.5 Å². The van der Waals surface area contributed by atoms with Gasteiger partial charge in [0.05, 0.1) is 26.7 Å². The molecule has 2 N–H and O–H groups in total. The molecule has 2 amide bonds. The summed E-state index contributed by atoms with van der Waals surface area (Å²) in [4.78, 5) is 14.8. The molecule has 0 saturated heterocycles. The zero-order valence-electron chi connectivity index (χ0n) is 21.7. The van der Waals surface area contributed by atoms with Crippen molar-refractivity contribution in [2.24, 2.45) is 0 Å². The van der Waals surface area contributed by atoms with Gasteiger partial charge in [-0.1, -0.05) is 59.6 Å². The van der Waals surface area contributed by atoms with Crippen molar-refractivity contribution in [3.05, 3.63) is 93.5 Å². The highest BCUT2D eigenvalue weighted by molar-refractivity contribution is 7.90. The Morgan fingerprint density at radius 1 is 0.946 bits per heavy atom. The molecule has 0 radical (unpaired) electrons. The first-order chi connectivity index (χ1) is 17.3. The summed E-state index contributed by atoms with van der Waals surface area (Å²) in [5.41, 5.74) is 3.04. The summed E-state index contributed by atoms with van der Waals surface area (Å²) in [6.45, 7) is 6.13. The molecule has 198 valence electrons. The lowest BCUT2D eigenvalue weighted by Gasteiger charge is -2.32. The zero-order chi connectivity index (χ0) is 27.4. The van der Waals surface area contributed by atoms with Crippen LogP contribution in [0.25, 0.3) is 0 Å². The molecule has 0 fully saturated rings. The van der Waals surface area contributed by atoms with Gasteiger partial charge in [-0.2, -0.15) is 0 Å². The summed E-state index contributed by atoms with van der Waals surface area (Å²) in [5, 5.41) is 6.31. The summed E-state index contributed by atoms with van der Waals surface area (Å²) >= 11 is 12.3. The number of nitrogens with one attached hydrogen (secondary N) is 2. The SMILES string of the molecule is C[C@H](NC(=O)Nc1ccc(S(=O)(=O)Cc2ccc(CC(C)(C)N(C)C)cc2)cc1)c1cccc(Cl)c1Cl. The number of urea groups is 1. The lowest BCUT2D eigenvalue weighted by molar-refractivity contribution is 0.195. The number of hydrogen-bond donors (Lipinski definition) is 2. The minimum absolute atomic E-state index is 0.000628. The third kappa shape index (κ3) is 7.71. The van der Waals surface area contributed by atoms with E-state index < -0.39 is 15.9 Å². The maximum Gasteiger partial charge on any atom is 0.319 e. The molecule has 0 aromatic heterocycles. The van der Waals surface area contributed by atoms with E-state index in [-0.39, 0.29) is 22.2 Å². The number of hydrogen-bond acceptors (Lipinski definition) is 4. The summed E-state index contributed by atoms with van der Waals surface area (Å²) in [6, 6.07) is 18.2. The normalized spacial score (nSPS) is 12.9. The van der Waals surface area contributed by atoms with Gasteiger partial charge in [0.2, 0.25) is 0 Å². The minimum atomic E-state index is -3.55. The summed E-state index contributed by atoms with van der Waals surface area (Å²) in [5.74, 6) is -0.102. The van der Waals surface area contributed by atoms with E-state index in [1.807, 2.05) is 38.4 Å². The maximum atomic E-state index is 13.0. The minimum Gasteiger partial charge on any atom is -0.331 e. The van der Waals surface area contributed by atoms with Crippen LogP contribution in [0.3, 0.4) is 0 Å². The fourth-order valence-corrected chi connectivity index (χ4v) is 5.58. The van der Waals surface area contributed by atoms with Gasteiger partial charge >= 0.3 is 6.03 Å². The van der Waals surface area contributed by atoms with E-state index in [2.05, 4.69) is 29.4 Å². The van der Waals surface area contributed by atoms with Gasteiger partial charge in [-0.25, -0.2) is 13.2 Å². The summed E-state index contributed by atoms with van der Waals surface area (Å²) in [7, 11) is 0.547. The fraction of sp³-hybridized carbons (Fsp3) is 0.321. The molecule has 0 unspecified atom stereocenters. The highest BCUT2D eigenvalue weighted by Gasteiger charge is 2.21. The van der Waals surface area contributed by atoms with Crippen LogP contribution >= 0.6 is 23.2 Å². The van der Waals surface area contributed by atoms with E-state index in [4.69, 9.17) is 23.2 Å². The van der Waals surface area contributed by atoms with Crippen LogP contribution in [0.5, 0.6) is 0 Å². The van der Waals surface area contributed by atoms with Crippen molar-refractivity contribution < 1.29 is 13.2 Å². The Balaban J connectivity index is 1.61. The Hall–Kier alpha value is -2.58. The highest BCUT2D eigenvalue weighted by Crippen LogP contribution is 2.30. The standard InChI is InChI=1S/C28H33Cl2N3O3S/c1-19(24-7-6-8-25(29)26(24)30)31-27(34)32-22-13-15-23(16-14-22)37(35,36)18-21-11-9-20(10-12-21)17-28(2,3)33(4)5/h6-16,19H,17-18H2,1-5H3,(H2,31,32,34)/t19-/m0/s1. The average molecular weight is 563 g/mol. The van der Waals surface area contributed by atoms with E-state index in [1.54, 1.807) is 37.3 Å². The number of amides is 2. The lowest BCUT2D eigenvalue weighted by Crippen LogP contribution is -2.40. The van der Waals surface area contributed by atoms with E-state index >= 15 is 0 Å². The first kappa shape index (κ1) is 29.0. The predicted octanol–water partition coefficient (Wildman–Crippen LogP) is 6.73. The molecule has 1 atom stereocenters. The van der Waals surface area contributed by atoms with Gasteiger partial charge in [-0.3, -0.25) is 0 Å². The van der Waals surface area contributed by atoms with Crippen LogP contribution in [-0.2, 0) is 22.0 Å². The van der Waals surface area contributed by atoms with Gasteiger partial charge in [0.1, 0.15) is 0 Å². The number of rotatable bonds is 9. The van der Waals surface area contributed by atoms with Crippen LogP contribution in [0, 0.1) is 0 Å². The molecule has 0 aliphatic heterocycles. The molecule has 0 saturated carbocycles. The second-order valence-electron chi connectivity index (χ2n) is 9.95. The number of halogens is 2. The molecule has 0 bridgehead atoms. The van der Waals surface area contributed by atoms with Crippen LogP contribution in [-0.4, -0.2) is 39.0 Å². The predicted molar refractivity (Wildman–Crippen MR) is 152 cm³/mol. The third-order valence-corrected chi connectivity index (χ3v) is 9.03. The Kier molecular flexibility index (Phi) is 9.29. The Labute approximate surface area is 229 Å². The Morgan fingerprint density at radius 3 is 2.14 bits per heavy atom. The number of benzene rings is 3. The van der Waals surface area contributed by atoms with Gasteiger partial charge < -0.3 is 15.5 Å². The van der Waals surface area contributed by atoms with Gasteiger partial charge in [-0.15, -0.1) is 0 Å². The van der Waals surface area contributed by atoms with E-state index in [0.29, 0.717) is 21.3 Å². The van der Waals surface area contributed by atoms with E-state index in [9.17, 15) is 13.2 Å². The largest absolute Gasteiger partial charge is 0.331 e. The summed E-state index contributed by atoms with van der Waals surface area (Å²) in [6.07, 6.45) is 0.861. The third-order valence-electron chi connectivity index (χ3n) is 6.49. The van der Waals surface area contributed by atoms with Crippen LogP contribution in [0.2, 0.25) is 10.0 Å². The molecule has 37 heavy (non-hydrogen) atoms. The Morgan fingerprint density at radius 2 is 1.54 bits per heavy atom. The molecule has 0 spiro atoms. The lowest BCUT2D eigenvalue weighted by atomic mass is 9.93. The molecule has 0 aliphatic rings. The van der Waals surface area contributed by atoms with Crippen molar-refractivity contribution >= 4 is 44.8 Å². The van der Waals surface area contributed by atoms with Gasteiger partial charge in [0, 0.05) is 11.2 Å². The van der Waals surface area contributed by atoms with Gasteiger partial charge in [0.25, 0.3) is 0 Å². The van der Waals surface area contributed by atoms with Crippen molar-refractivity contribution in [2.75, 3.05) is 19.4 Å². The molecule has 0 heterocycles. The number of carbonyl (C=O) groups excluding carboxylic acids is 1. The quantitative estimate of drug-likeness (QED) is 0.303. The van der Waals surface area contributed by atoms with Crippen LogP contribution in [0.15, 0.2) is 71.6 Å².